The van der Waals surface area contributed by atoms with E-state index in [9.17, 15) is 34.9 Å². The standard InChI is InChI=1S/C44H70N2O12/c1-10-13-31-19-25(2)18-26(3)20-37(55-8)40-38(56-9)22-28(5)44(52,58-40)41(49)42(50)46-17-12-11-14-33(46)43(51)57-39(29(6)35(48)24-32(31)45-53)27(4)21-30-15-16-34(47)36(23-30)54-7/h10,19,21,26,28-31,33-40,47-48,52-53H,1,11-18,20,22-24H2,2-9H3/b25-19+,27-21+,45-32-/t26-,28+,29+,30-,31+,33-,34+,35-,36+,37-,38-,39+,40+,44+/m0/s1. The average molecular weight is 819 g/mol. The number of ether oxygens (including phenoxy) is 5. The molecule has 1 aliphatic carbocycles. The summed E-state index contributed by atoms with van der Waals surface area (Å²) in [5, 5.41) is 48.4. The molecule has 4 aliphatic rings. The number of aliphatic hydroxyl groups is 3. The minimum Gasteiger partial charge on any atom is -0.456 e. The van der Waals surface area contributed by atoms with Crippen molar-refractivity contribution in [1.29, 1.82) is 0 Å². The Morgan fingerprint density at radius 3 is 2.28 bits per heavy atom. The van der Waals surface area contributed by atoms with Crippen LogP contribution in [0.5, 0.6) is 0 Å². The van der Waals surface area contributed by atoms with E-state index >= 15 is 0 Å². The zero-order chi connectivity index (χ0) is 42.9. The predicted octanol–water partition coefficient (Wildman–Crippen LogP) is 4.90. The molecule has 14 atom stereocenters. The third-order valence-electron chi connectivity index (χ3n) is 13.0. The first kappa shape index (κ1) is 47.7. The van der Waals surface area contributed by atoms with E-state index in [0.29, 0.717) is 62.7 Å². The summed E-state index contributed by atoms with van der Waals surface area (Å²) in [5.74, 6) is -7.38. The van der Waals surface area contributed by atoms with Crippen molar-refractivity contribution in [2.45, 2.75) is 160 Å². The fourth-order valence-electron chi connectivity index (χ4n) is 9.56. The SMILES string of the molecule is C=CC[C@@H]1/C=C(\C)C[C@H](C)C[C@H](OC)[C@H]2O[C@@](O)(C(=O)C(=O)N3CCCC[C@H]3C(=O)O[C@H](/C(C)=C/[C@@H]3CC[C@@H](O)[C@H](OC)C3)[C@H](C)[C@@H](O)C/C1=N/O)[C@H](C)C[C@@H]2OC. The number of carbonyl (C=O) groups excluding carboxylic acids is 3. The number of oxime groups is 1. The number of nitrogens with zero attached hydrogens (tertiary/aromatic N) is 2. The molecule has 4 rings (SSSR count). The van der Waals surface area contributed by atoms with E-state index in [0.717, 1.165) is 5.57 Å². The van der Waals surface area contributed by atoms with Crippen molar-refractivity contribution in [2.24, 2.45) is 34.7 Å². The number of hydrogen-bond acceptors (Lipinski definition) is 13. The Morgan fingerprint density at radius 2 is 1.64 bits per heavy atom. The van der Waals surface area contributed by atoms with Crippen molar-refractivity contribution in [1.82, 2.24) is 4.90 Å². The summed E-state index contributed by atoms with van der Waals surface area (Å²) < 4.78 is 29.9. The number of rotatable bonds is 7. The molecule has 0 spiro atoms. The number of fused-ring (bicyclic) bond motifs is 3. The van der Waals surface area contributed by atoms with Crippen LogP contribution < -0.4 is 0 Å². The van der Waals surface area contributed by atoms with Gasteiger partial charge in [-0.3, -0.25) is 9.59 Å². The average Bonchev–Trinajstić information content (AvgIpc) is 3.20. The van der Waals surface area contributed by atoms with Crippen molar-refractivity contribution in [2.75, 3.05) is 27.9 Å². The normalized spacial score (nSPS) is 41.2. The van der Waals surface area contributed by atoms with Crippen LogP contribution in [0.1, 0.15) is 105 Å². The summed E-state index contributed by atoms with van der Waals surface area (Å²) in [7, 11) is 4.62. The Hall–Kier alpha value is -2.98. The van der Waals surface area contributed by atoms with Gasteiger partial charge >= 0.3 is 5.97 Å². The topological polar surface area (TPSA) is 194 Å². The van der Waals surface area contributed by atoms with Crippen LogP contribution in [0.4, 0.5) is 0 Å². The highest BCUT2D eigenvalue weighted by Crippen LogP contribution is 2.39. The van der Waals surface area contributed by atoms with Crippen molar-refractivity contribution < 1.29 is 58.6 Å². The van der Waals surface area contributed by atoms with Gasteiger partial charge in [-0.25, -0.2) is 4.79 Å². The molecule has 0 aromatic rings. The first-order chi connectivity index (χ1) is 27.5. The second kappa shape index (κ2) is 21.5. The monoisotopic (exact) mass is 818 g/mol. The lowest BCUT2D eigenvalue weighted by Crippen LogP contribution is -2.64. The number of amides is 1. The lowest BCUT2D eigenvalue weighted by molar-refractivity contribution is -0.302. The third-order valence-corrected chi connectivity index (χ3v) is 13.0. The van der Waals surface area contributed by atoms with Crippen LogP contribution in [0.2, 0.25) is 0 Å². The molecule has 0 unspecified atom stereocenters. The van der Waals surface area contributed by atoms with Gasteiger partial charge in [-0.1, -0.05) is 49.7 Å². The highest BCUT2D eigenvalue weighted by atomic mass is 16.7. The number of ketones is 1. The Bertz CT molecular complexity index is 1510. The fourth-order valence-corrected chi connectivity index (χ4v) is 9.56. The fraction of sp³-hybridized carbons (Fsp3) is 0.773. The number of cyclic esters (lactones) is 1. The second-order valence-electron chi connectivity index (χ2n) is 17.4. The van der Waals surface area contributed by atoms with Crippen molar-refractivity contribution in [3.8, 4) is 0 Å². The zero-order valence-electron chi connectivity index (χ0n) is 35.9. The predicted molar refractivity (Wildman–Crippen MR) is 217 cm³/mol. The minimum absolute atomic E-state index is 0.00794. The second-order valence-corrected chi connectivity index (χ2v) is 17.4. The molecule has 0 aromatic heterocycles. The molecule has 4 N–H and O–H groups in total. The van der Waals surface area contributed by atoms with Crippen LogP contribution in [0.15, 0.2) is 41.1 Å². The van der Waals surface area contributed by atoms with Gasteiger partial charge in [-0.15, -0.1) is 6.58 Å². The van der Waals surface area contributed by atoms with Gasteiger partial charge in [0.05, 0.1) is 36.2 Å². The summed E-state index contributed by atoms with van der Waals surface area (Å²) in [4.78, 5) is 44.0. The zero-order valence-corrected chi connectivity index (χ0v) is 35.9. The van der Waals surface area contributed by atoms with Gasteiger partial charge in [0.2, 0.25) is 5.79 Å². The smallest absolute Gasteiger partial charge is 0.329 e. The largest absolute Gasteiger partial charge is 0.456 e. The van der Waals surface area contributed by atoms with Crippen molar-refractivity contribution >= 4 is 23.4 Å². The van der Waals surface area contributed by atoms with Crippen LogP contribution >= 0.6 is 0 Å². The van der Waals surface area contributed by atoms with Crippen molar-refractivity contribution in [3.63, 3.8) is 0 Å². The maximum atomic E-state index is 14.4. The molecule has 2 saturated heterocycles. The van der Waals surface area contributed by atoms with Gasteiger partial charge < -0.3 is 49.1 Å². The van der Waals surface area contributed by atoms with Crippen LogP contribution in [0.25, 0.3) is 0 Å². The highest BCUT2D eigenvalue weighted by molar-refractivity contribution is 6.39. The third kappa shape index (κ3) is 11.2. The molecule has 328 valence electrons. The van der Waals surface area contributed by atoms with E-state index < -0.39 is 77.9 Å². The molecule has 2 bridgehead atoms. The molecule has 3 heterocycles. The summed E-state index contributed by atoms with van der Waals surface area (Å²) in [6.45, 7) is 13.3. The summed E-state index contributed by atoms with van der Waals surface area (Å²) >= 11 is 0. The van der Waals surface area contributed by atoms with Crippen molar-refractivity contribution in [3.05, 3.63) is 36.0 Å². The van der Waals surface area contributed by atoms with E-state index in [4.69, 9.17) is 23.7 Å². The van der Waals surface area contributed by atoms with Crippen LogP contribution in [0, 0.1) is 29.6 Å². The number of esters is 1. The molecule has 1 amide bonds. The van der Waals surface area contributed by atoms with Crippen LogP contribution in [-0.4, -0.2) is 131 Å². The van der Waals surface area contributed by atoms with Gasteiger partial charge in [0, 0.05) is 52.0 Å². The molecule has 58 heavy (non-hydrogen) atoms. The molecule has 1 saturated carbocycles. The lowest BCUT2D eigenvalue weighted by Gasteiger charge is -2.47. The Labute approximate surface area is 344 Å². The maximum Gasteiger partial charge on any atom is 0.329 e. The van der Waals surface area contributed by atoms with Crippen LogP contribution in [-0.2, 0) is 38.1 Å². The number of carbonyl (C=O) groups is 3. The van der Waals surface area contributed by atoms with Gasteiger partial charge in [0.1, 0.15) is 18.2 Å². The molecule has 0 aromatic carbocycles. The number of piperidine rings is 1. The molecular formula is C44H70N2O12. The van der Waals surface area contributed by atoms with Gasteiger partial charge in [0.15, 0.2) is 0 Å². The minimum atomic E-state index is -2.51. The lowest BCUT2D eigenvalue weighted by atomic mass is 9.81. The van der Waals surface area contributed by atoms with E-state index in [1.807, 2.05) is 26.0 Å². The van der Waals surface area contributed by atoms with E-state index in [2.05, 4.69) is 18.7 Å². The maximum absolute atomic E-state index is 14.4. The quantitative estimate of drug-likeness (QED) is 0.0895. The number of Topliss-reactive ketones (excluding diaryl/α,β-unsaturated/α-hetero) is 1. The van der Waals surface area contributed by atoms with Gasteiger partial charge in [0.25, 0.3) is 11.7 Å². The molecular weight excluding hydrogens is 748 g/mol. The Kier molecular flexibility index (Phi) is 17.7. The molecule has 3 fully saturated rings. The van der Waals surface area contributed by atoms with E-state index in [1.165, 1.54) is 19.1 Å². The number of aliphatic hydroxyl groups excluding tert-OH is 2. The van der Waals surface area contributed by atoms with E-state index in [-0.39, 0.29) is 49.7 Å². The molecule has 3 aliphatic heterocycles. The van der Waals surface area contributed by atoms with Gasteiger partial charge in [-0.05, 0) is 95.5 Å². The van der Waals surface area contributed by atoms with E-state index in [1.54, 1.807) is 27.0 Å². The highest BCUT2D eigenvalue weighted by Gasteiger charge is 2.56. The Morgan fingerprint density at radius 1 is 0.966 bits per heavy atom. The van der Waals surface area contributed by atoms with Gasteiger partial charge in [-0.2, -0.15) is 0 Å². The van der Waals surface area contributed by atoms with Crippen LogP contribution in [0.3, 0.4) is 0 Å². The summed E-state index contributed by atoms with van der Waals surface area (Å²) in [6, 6.07) is -1.14. The first-order valence-electron chi connectivity index (χ1n) is 21.1. The number of methoxy groups -OCH3 is 3. The number of hydrogen-bond donors (Lipinski definition) is 4. The summed E-state index contributed by atoms with van der Waals surface area (Å²) in [5.41, 5.74) is 2.01. The number of allylic oxidation sites excluding steroid dienone is 4. The first-order valence-corrected chi connectivity index (χ1v) is 21.1. The molecule has 14 heteroatoms. The Balaban J connectivity index is 1.80. The molecule has 0 radical (unpaired) electrons. The molecule has 14 nitrogen and oxygen atoms in total. The summed E-state index contributed by atoms with van der Waals surface area (Å²) in [6.07, 6.45) is 5.44.